The van der Waals surface area contributed by atoms with Crippen molar-refractivity contribution in [3.05, 3.63) is 45.5 Å². The van der Waals surface area contributed by atoms with Gasteiger partial charge in [-0.15, -0.1) is 0 Å². The highest BCUT2D eigenvalue weighted by Gasteiger charge is 2.29. The molecular weight excluding hydrogens is 328 g/mol. The van der Waals surface area contributed by atoms with E-state index in [2.05, 4.69) is 9.97 Å². The molecule has 9 heteroatoms. The SMILES string of the molecule is Cc1cc(C)nc(OC2CCCN(C(=O)c3ccc([N+](=O)[O-])o3)C2)n1. The number of rotatable bonds is 4. The third-order valence-electron chi connectivity index (χ3n) is 3.88. The molecule has 1 fully saturated rings. The van der Waals surface area contributed by atoms with Gasteiger partial charge in [-0.3, -0.25) is 14.9 Å². The van der Waals surface area contributed by atoms with Crippen LogP contribution in [0.15, 0.2) is 22.6 Å². The van der Waals surface area contributed by atoms with E-state index in [4.69, 9.17) is 9.15 Å². The van der Waals surface area contributed by atoms with Crippen molar-refractivity contribution in [1.82, 2.24) is 14.9 Å². The van der Waals surface area contributed by atoms with E-state index in [1.807, 2.05) is 19.9 Å². The standard InChI is InChI=1S/C16H18N4O5/c1-10-8-11(2)18-16(17-10)24-12-4-3-7-19(9-12)15(21)13-5-6-14(25-13)20(22)23/h5-6,8,12H,3-4,7,9H2,1-2H3. The maximum Gasteiger partial charge on any atom is 0.433 e. The molecular formula is C16H18N4O5. The van der Waals surface area contributed by atoms with Gasteiger partial charge in [-0.2, -0.15) is 0 Å². The Hall–Kier alpha value is -2.97. The van der Waals surface area contributed by atoms with Gasteiger partial charge in [0.25, 0.3) is 5.91 Å². The van der Waals surface area contributed by atoms with Crippen LogP contribution in [0.2, 0.25) is 0 Å². The molecule has 0 saturated carbocycles. The van der Waals surface area contributed by atoms with E-state index in [-0.39, 0.29) is 17.8 Å². The van der Waals surface area contributed by atoms with Gasteiger partial charge in [0.2, 0.25) is 0 Å². The van der Waals surface area contributed by atoms with E-state index in [1.165, 1.54) is 12.1 Å². The lowest BCUT2D eigenvalue weighted by Gasteiger charge is -2.31. The zero-order valence-electron chi connectivity index (χ0n) is 14.0. The molecule has 1 aliphatic rings. The van der Waals surface area contributed by atoms with E-state index in [9.17, 15) is 14.9 Å². The van der Waals surface area contributed by atoms with Crippen LogP contribution in [0.1, 0.15) is 34.8 Å². The Bertz CT molecular complexity index is 783. The van der Waals surface area contributed by atoms with Crippen molar-refractivity contribution in [3.8, 4) is 6.01 Å². The van der Waals surface area contributed by atoms with Crippen molar-refractivity contribution >= 4 is 11.8 Å². The van der Waals surface area contributed by atoms with E-state index in [1.54, 1.807) is 4.90 Å². The van der Waals surface area contributed by atoms with Crippen molar-refractivity contribution in [2.24, 2.45) is 0 Å². The zero-order valence-corrected chi connectivity index (χ0v) is 14.0. The molecule has 2 aromatic rings. The van der Waals surface area contributed by atoms with E-state index < -0.39 is 10.8 Å². The lowest BCUT2D eigenvalue weighted by Crippen LogP contribution is -2.44. The van der Waals surface area contributed by atoms with Gasteiger partial charge in [0.05, 0.1) is 12.6 Å². The Morgan fingerprint density at radius 1 is 1.36 bits per heavy atom. The summed E-state index contributed by atoms with van der Waals surface area (Å²) in [6, 6.07) is 4.64. The molecule has 1 unspecified atom stereocenters. The summed E-state index contributed by atoms with van der Waals surface area (Å²) in [5, 5.41) is 10.7. The van der Waals surface area contributed by atoms with Crippen LogP contribution in [0.5, 0.6) is 6.01 Å². The fourth-order valence-electron chi connectivity index (χ4n) is 2.81. The van der Waals surface area contributed by atoms with Crippen LogP contribution < -0.4 is 4.74 Å². The minimum atomic E-state index is -0.670. The molecule has 3 rings (SSSR count). The predicted molar refractivity (Wildman–Crippen MR) is 86.4 cm³/mol. The third kappa shape index (κ3) is 3.93. The summed E-state index contributed by atoms with van der Waals surface area (Å²) in [6.45, 7) is 4.62. The molecule has 0 N–H and O–H groups in total. The number of carbonyl (C=O) groups is 1. The first-order chi connectivity index (χ1) is 11.9. The van der Waals surface area contributed by atoms with Crippen LogP contribution in [0.4, 0.5) is 5.88 Å². The van der Waals surface area contributed by atoms with E-state index in [0.717, 1.165) is 24.2 Å². The van der Waals surface area contributed by atoms with Crippen LogP contribution in [0.3, 0.4) is 0 Å². The molecule has 2 aromatic heterocycles. The summed E-state index contributed by atoms with van der Waals surface area (Å²) in [7, 11) is 0. The van der Waals surface area contributed by atoms with E-state index in [0.29, 0.717) is 19.1 Å². The molecule has 3 heterocycles. The number of amides is 1. The number of hydrogen-bond acceptors (Lipinski definition) is 7. The fraction of sp³-hybridized carbons (Fsp3) is 0.438. The van der Waals surface area contributed by atoms with Crippen LogP contribution in [-0.2, 0) is 0 Å². The number of hydrogen-bond donors (Lipinski definition) is 0. The molecule has 0 aliphatic carbocycles. The Morgan fingerprint density at radius 2 is 2.08 bits per heavy atom. The highest BCUT2D eigenvalue weighted by atomic mass is 16.6. The van der Waals surface area contributed by atoms with Crippen molar-refractivity contribution < 1.29 is 18.9 Å². The molecule has 0 radical (unpaired) electrons. The maximum absolute atomic E-state index is 12.5. The second kappa shape index (κ2) is 6.88. The molecule has 1 atom stereocenters. The number of nitro groups is 1. The first-order valence-electron chi connectivity index (χ1n) is 7.95. The van der Waals surface area contributed by atoms with Crippen molar-refractivity contribution in [2.75, 3.05) is 13.1 Å². The van der Waals surface area contributed by atoms with Crippen molar-refractivity contribution in [1.29, 1.82) is 0 Å². The maximum atomic E-state index is 12.5. The molecule has 9 nitrogen and oxygen atoms in total. The molecule has 1 amide bonds. The number of aryl methyl sites for hydroxylation is 2. The molecule has 1 aliphatic heterocycles. The average molecular weight is 346 g/mol. The Labute approximate surface area is 143 Å². The Balaban J connectivity index is 1.67. The number of carbonyl (C=O) groups excluding carboxylic acids is 1. The smallest absolute Gasteiger partial charge is 0.433 e. The molecule has 0 bridgehead atoms. The van der Waals surface area contributed by atoms with Gasteiger partial charge >= 0.3 is 11.9 Å². The van der Waals surface area contributed by atoms with Gasteiger partial charge in [-0.05, 0) is 38.8 Å². The van der Waals surface area contributed by atoms with Crippen molar-refractivity contribution in [3.63, 3.8) is 0 Å². The monoisotopic (exact) mass is 346 g/mol. The lowest BCUT2D eigenvalue weighted by molar-refractivity contribution is -0.402. The minimum Gasteiger partial charge on any atom is -0.458 e. The molecule has 0 spiro atoms. The highest BCUT2D eigenvalue weighted by Crippen LogP contribution is 2.21. The van der Waals surface area contributed by atoms with Gasteiger partial charge in [-0.1, -0.05) is 0 Å². The van der Waals surface area contributed by atoms with Gasteiger partial charge in [0.1, 0.15) is 11.0 Å². The fourth-order valence-corrected chi connectivity index (χ4v) is 2.81. The normalized spacial score (nSPS) is 17.4. The third-order valence-corrected chi connectivity index (χ3v) is 3.88. The number of nitrogens with zero attached hydrogens (tertiary/aromatic N) is 4. The number of aromatic nitrogens is 2. The highest BCUT2D eigenvalue weighted by molar-refractivity contribution is 5.91. The van der Waals surface area contributed by atoms with Crippen molar-refractivity contribution in [2.45, 2.75) is 32.8 Å². The summed E-state index contributed by atoms with van der Waals surface area (Å²) >= 11 is 0. The first kappa shape index (κ1) is 16.9. The summed E-state index contributed by atoms with van der Waals surface area (Å²) in [5.74, 6) is -0.880. The predicted octanol–water partition coefficient (Wildman–Crippen LogP) is 2.28. The molecule has 1 saturated heterocycles. The number of furan rings is 1. The van der Waals surface area contributed by atoms with E-state index >= 15 is 0 Å². The molecule has 0 aromatic carbocycles. The lowest BCUT2D eigenvalue weighted by atomic mass is 10.1. The quantitative estimate of drug-likeness (QED) is 0.616. The molecule has 25 heavy (non-hydrogen) atoms. The van der Waals surface area contributed by atoms with Gasteiger partial charge in [-0.25, -0.2) is 9.97 Å². The van der Waals surface area contributed by atoms with Gasteiger partial charge in [0.15, 0.2) is 5.76 Å². The zero-order chi connectivity index (χ0) is 18.0. The topological polar surface area (TPSA) is 112 Å². The number of ether oxygens (including phenoxy) is 1. The van der Waals surface area contributed by atoms with Crippen LogP contribution in [0.25, 0.3) is 0 Å². The second-order valence-electron chi connectivity index (χ2n) is 5.96. The summed E-state index contributed by atoms with van der Waals surface area (Å²) in [5.41, 5.74) is 1.63. The largest absolute Gasteiger partial charge is 0.458 e. The number of likely N-dealkylation sites (tertiary alicyclic amines) is 1. The average Bonchev–Trinajstić information content (AvgIpc) is 3.03. The summed E-state index contributed by atoms with van der Waals surface area (Å²) in [6.07, 6.45) is 1.30. The van der Waals surface area contributed by atoms with Gasteiger partial charge in [0, 0.05) is 17.9 Å². The Morgan fingerprint density at radius 3 is 2.72 bits per heavy atom. The Kier molecular flexibility index (Phi) is 4.64. The molecule has 132 valence electrons. The summed E-state index contributed by atoms with van der Waals surface area (Å²) in [4.78, 5) is 32.5. The second-order valence-corrected chi connectivity index (χ2v) is 5.96. The van der Waals surface area contributed by atoms with Crippen LogP contribution >= 0.6 is 0 Å². The van der Waals surface area contributed by atoms with Gasteiger partial charge < -0.3 is 14.1 Å². The minimum absolute atomic E-state index is 0.0463. The van der Waals surface area contributed by atoms with Crippen LogP contribution in [-0.4, -0.2) is 44.9 Å². The van der Waals surface area contributed by atoms with Crippen LogP contribution in [0, 0.1) is 24.0 Å². The first-order valence-corrected chi connectivity index (χ1v) is 7.95. The number of piperidine rings is 1. The summed E-state index contributed by atoms with van der Waals surface area (Å²) < 4.78 is 10.8.